The molecule has 1 atom stereocenters. The van der Waals surface area contributed by atoms with Gasteiger partial charge in [0.1, 0.15) is 6.61 Å². The second kappa shape index (κ2) is 11.6. The molecule has 0 saturated carbocycles. The van der Waals surface area contributed by atoms with Gasteiger partial charge in [-0.2, -0.15) is 0 Å². The molecular formula is C28H27IN2O5S. The van der Waals surface area contributed by atoms with Crippen molar-refractivity contribution < 1.29 is 23.7 Å². The number of rotatable bonds is 9. The monoisotopic (exact) mass is 630 g/mol. The third kappa shape index (κ3) is 6.10. The minimum Gasteiger partial charge on any atom is -0.490 e. The van der Waals surface area contributed by atoms with Crippen LogP contribution in [-0.4, -0.2) is 24.8 Å². The number of hydrogen-bond acceptors (Lipinski definition) is 7. The zero-order chi connectivity index (χ0) is 25.8. The first kappa shape index (κ1) is 25.6. The van der Waals surface area contributed by atoms with Crippen LogP contribution in [-0.2, 0) is 17.8 Å². The molecule has 37 heavy (non-hydrogen) atoms. The van der Waals surface area contributed by atoms with Crippen molar-refractivity contribution in [3.05, 3.63) is 79.8 Å². The van der Waals surface area contributed by atoms with Crippen LogP contribution in [0.25, 0.3) is 6.08 Å². The van der Waals surface area contributed by atoms with Gasteiger partial charge in [0.2, 0.25) is 6.79 Å². The number of amides is 1. The lowest BCUT2D eigenvalue weighted by atomic mass is 10.1. The lowest BCUT2D eigenvalue weighted by Gasteiger charge is -2.15. The van der Waals surface area contributed by atoms with Gasteiger partial charge in [0, 0.05) is 5.69 Å². The topological polar surface area (TPSA) is 78.1 Å². The van der Waals surface area contributed by atoms with Gasteiger partial charge in [0.05, 0.1) is 15.1 Å². The largest absolute Gasteiger partial charge is 0.490 e. The second-order valence-electron chi connectivity index (χ2n) is 8.41. The zero-order valence-corrected chi connectivity index (χ0v) is 23.5. The van der Waals surface area contributed by atoms with E-state index in [0.717, 1.165) is 38.3 Å². The molecule has 2 aliphatic heterocycles. The molecule has 2 N–H and O–H groups in total. The minimum absolute atomic E-state index is 0.108. The summed E-state index contributed by atoms with van der Waals surface area (Å²) in [5.41, 5.74) is 3.84. The highest BCUT2D eigenvalue weighted by molar-refractivity contribution is 14.1. The summed E-state index contributed by atoms with van der Waals surface area (Å²) >= 11 is 3.70. The van der Waals surface area contributed by atoms with E-state index in [1.165, 1.54) is 17.3 Å². The number of benzene rings is 3. The van der Waals surface area contributed by atoms with Gasteiger partial charge in [-0.1, -0.05) is 36.9 Å². The highest BCUT2D eigenvalue weighted by atomic mass is 127. The molecule has 0 bridgehead atoms. The quantitative estimate of drug-likeness (QED) is 0.217. The van der Waals surface area contributed by atoms with E-state index in [1.54, 1.807) is 0 Å². The van der Waals surface area contributed by atoms with E-state index < -0.39 is 0 Å². The molecule has 3 aromatic rings. The van der Waals surface area contributed by atoms with Gasteiger partial charge in [-0.3, -0.25) is 4.79 Å². The number of ether oxygens (including phenoxy) is 4. The molecule has 7 nitrogen and oxygen atoms in total. The number of nitrogens with one attached hydrogen (secondary N) is 2. The average molecular weight is 631 g/mol. The summed E-state index contributed by atoms with van der Waals surface area (Å²) in [5, 5.41) is 6.36. The Morgan fingerprint density at radius 3 is 2.62 bits per heavy atom. The van der Waals surface area contributed by atoms with Gasteiger partial charge in [-0.25, -0.2) is 0 Å². The van der Waals surface area contributed by atoms with Crippen LogP contribution in [0.3, 0.4) is 0 Å². The molecule has 192 valence electrons. The Kier molecular flexibility index (Phi) is 7.99. The average Bonchev–Trinajstić information content (AvgIpc) is 3.49. The summed E-state index contributed by atoms with van der Waals surface area (Å²) in [7, 11) is 0. The minimum atomic E-state index is -0.235. The molecular weight excluding hydrogens is 603 g/mol. The first-order valence-corrected chi connectivity index (χ1v) is 14.0. The Morgan fingerprint density at radius 1 is 1.05 bits per heavy atom. The van der Waals surface area contributed by atoms with Gasteiger partial charge in [-0.15, -0.1) is 0 Å². The fourth-order valence-electron chi connectivity index (χ4n) is 3.97. The van der Waals surface area contributed by atoms with Crippen LogP contribution in [0, 0.1) is 3.57 Å². The van der Waals surface area contributed by atoms with Crippen LogP contribution in [0.4, 0.5) is 5.69 Å². The SMILES string of the molecule is CCOc1cc(/C=C2\S[C@H](Nc3ccc(CC)cc3)NC2=O)cc(I)c1OCc1ccc2c(c1)OCO2. The van der Waals surface area contributed by atoms with Crippen molar-refractivity contribution in [3.8, 4) is 23.0 Å². The van der Waals surface area contributed by atoms with Crippen molar-refractivity contribution in [1.82, 2.24) is 5.32 Å². The van der Waals surface area contributed by atoms with Gasteiger partial charge < -0.3 is 29.6 Å². The molecule has 0 unspecified atom stereocenters. The van der Waals surface area contributed by atoms with Crippen molar-refractivity contribution in [2.45, 2.75) is 32.4 Å². The van der Waals surface area contributed by atoms with Crippen molar-refractivity contribution in [3.63, 3.8) is 0 Å². The van der Waals surface area contributed by atoms with E-state index in [-0.39, 0.29) is 18.2 Å². The smallest absolute Gasteiger partial charge is 0.260 e. The fraction of sp³-hybridized carbons (Fsp3) is 0.250. The first-order chi connectivity index (χ1) is 18.0. The summed E-state index contributed by atoms with van der Waals surface area (Å²) in [4.78, 5) is 13.3. The van der Waals surface area contributed by atoms with Gasteiger partial charge >= 0.3 is 0 Å². The molecule has 1 saturated heterocycles. The number of carbonyl (C=O) groups excluding carboxylic acids is 1. The van der Waals surface area contributed by atoms with E-state index in [9.17, 15) is 4.79 Å². The lowest BCUT2D eigenvalue weighted by Crippen LogP contribution is -2.30. The van der Waals surface area contributed by atoms with E-state index in [2.05, 4.69) is 52.3 Å². The molecule has 0 aromatic heterocycles. The molecule has 0 radical (unpaired) electrons. The van der Waals surface area contributed by atoms with Gasteiger partial charge in [0.15, 0.2) is 28.5 Å². The van der Waals surface area contributed by atoms with E-state index in [1.807, 2.05) is 55.5 Å². The molecule has 5 rings (SSSR count). The molecule has 1 fully saturated rings. The number of thioether (sulfide) groups is 1. The van der Waals surface area contributed by atoms with Crippen LogP contribution < -0.4 is 29.6 Å². The Bertz CT molecular complexity index is 1330. The Balaban J connectivity index is 1.30. The summed E-state index contributed by atoms with van der Waals surface area (Å²) in [5.74, 6) is 2.66. The number of carbonyl (C=O) groups is 1. The standard InChI is InChI=1S/C28H27IN2O5S/c1-3-17-5-8-20(9-6-17)30-28-31-27(32)25(37-28)14-19-11-21(29)26(24(13-19)33-4-2)34-15-18-7-10-22-23(12-18)36-16-35-22/h5-14,28,30H,3-4,15-16H2,1-2H3,(H,31,32)/b25-14-/t28-/m1/s1. The third-order valence-corrected chi connectivity index (χ3v) is 7.67. The number of anilines is 1. The van der Waals surface area contributed by atoms with Crippen molar-refractivity contribution >= 4 is 52.0 Å². The van der Waals surface area contributed by atoms with E-state index >= 15 is 0 Å². The summed E-state index contributed by atoms with van der Waals surface area (Å²) in [6.45, 7) is 5.15. The maximum atomic E-state index is 12.7. The predicted octanol–water partition coefficient (Wildman–Crippen LogP) is 6.16. The number of halogens is 1. The first-order valence-electron chi connectivity index (χ1n) is 12.0. The summed E-state index contributed by atoms with van der Waals surface area (Å²) in [6.07, 6.45) is 2.88. The van der Waals surface area contributed by atoms with Crippen LogP contribution in [0.1, 0.15) is 30.5 Å². The lowest BCUT2D eigenvalue weighted by molar-refractivity contribution is -0.116. The van der Waals surface area contributed by atoms with Crippen LogP contribution in [0.5, 0.6) is 23.0 Å². The molecule has 1 amide bonds. The van der Waals surface area contributed by atoms with Crippen LogP contribution in [0.2, 0.25) is 0 Å². The van der Waals surface area contributed by atoms with Crippen molar-refractivity contribution in [2.24, 2.45) is 0 Å². The van der Waals surface area contributed by atoms with Gasteiger partial charge in [0.25, 0.3) is 5.91 Å². The molecule has 3 aromatic carbocycles. The maximum absolute atomic E-state index is 12.7. The van der Waals surface area contributed by atoms with Gasteiger partial charge in [-0.05, 0) is 95.1 Å². The summed E-state index contributed by atoms with van der Waals surface area (Å²) < 4.78 is 23.8. The van der Waals surface area contributed by atoms with Crippen molar-refractivity contribution in [1.29, 1.82) is 0 Å². The molecule has 2 aliphatic rings. The number of aryl methyl sites for hydroxylation is 1. The molecule has 9 heteroatoms. The van der Waals surface area contributed by atoms with E-state index in [0.29, 0.717) is 29.6 Å². The molecule has 0 spiro atoms. The highest BCUT2D eigenvalue weighted by Gasteiger charge is 2.27. The number of hydrogen-bond donors (Lipinski definition) is 2. The Morgan fingerprint density at radius 2 is 1.84 bits per heavy atom. The van der Waals surface area contributed by atoms with E-state index in [4.69, 9.17) is 18.9 Å². The second-order valence-corrected chi connectivity index (χ2v) is 10.7. The normalized spacial score (nSPS) is 17.1. The zero-order valence-electron chi connectivity index (χ0n) is 20.5. The predicted molar refractivity (Wildman–Crippen MR) is 154 cm³/mol. The van der Waals surface area contributed by atoms with Crippen molar-refractivity contribution in [2.75, 3.05) is 18.7 Å². The molecule has 2 heterocycles. The maximum Gasteiger partial charge on any atom is 0.260 e. The third-order valence-electron chi connectivity index (χ3n) is 5.84. The van der Waals surface area contributed by atoms with Crippen LogP contribution in [0.15, 0.2) is 59.5 Å². The Hall–Kier alpha value is -3.05. The molecule has 0 aliphatic carbocycles. The fourth-order valence-corrected chi connectivity index (χ4v) is 5.73. The Labute approximate surface area is 234 Å². The highest BCUT2D eigenvalue weighted by Crippen LogP contribution is 2.38. The number of fused-ring (bicyclic) bond motifs is 1. The van der Waals surface area contributed by atoms with Crippen LogP contribution >= 0.6 is 34.4 Å². The summed E-state index contributed by atoms with van der Waals surface area (Å²) in [6, 6.07) is 17.9.